The summed E-state index contributed by atoms with van der Waals surface area (Å²) in [5.74, 6) is -0.892. The highest BCUT2D eigenvalue weighted by atomic mass is 35.5. The number of carbonyl (C=O) groups excluding carboxylic acids is 1. The van der Waals surface area contributed by atoms with Crippen molar-refractivity contribution in [2.24, 2.45) is 4.99 Å². The van der Waals surface area contributed by atoms with Gasteiger partial charge in [-0.2, -0.15) is 4.99 Å². The Kier molecular flexibility index (Phi) is 3.01. The zero-order valence-electron chi connectivity index (χ0n) is 6.67. The molecule has 0 aliphatic heterocycles. The van der Waals surface area contributed by atoms with Gasteiger partial charge in [0.25, 0.3) is 0 Å². The third kappa shape index (κ3) is 1.86. The van der Waals surface area contributed by atoms with Crippen LogP contribution in [0.2, 0.25) is 5.02 Å². The number of methoxy groups -OCH3 is 1. The Morgan fingerprint density at radius 2 is 2.31 bits per heavy atom. The molecule has 0 amide bonds. The summed E-state index contributed by atoms with van der Waals surface area (Å²) >= 11 is 5.60. The lowest BCUT2D eigenvalue weighted by Gasteiger charge is -2.04. The number of hydrogen-bond acceptors (Lipinski definition) is 3. The van der Waals surface area contributed by atoms with Crippen molar-refractivity contribution in [1.82, 2.24) is 0 Å². The summed E-state index contributed by atoms with van der Waals surface area (Å²) in [6, 6.07) is 2.66. The van der Waals surface area contributed by atoms with E-state index in [1.807, 2.05) is 0 Å². The zero-order chi connectivity index (χ0) is 9.84. The van der Waals surface area contributed by atoms with Crippen LogP contribution in [0.4, 0.5) is 10.1 Å². The molecule has 0 heterocycles. The third-order valence-electron chi connectivity index (χ3n) is 1.40. The lowest BCUT2D eigenvalue weighted by molar-refractivity contribution is 0.387. The van der Waals surface area contributed by atoms with Crippen LogP contribution in [0.3, 0.4) is 0 Å². The van der Waals surface area contributed by atoms with Crippen molar-refractivity contribution in [1.29, 1.82) is 0 Å². The first-order chi connectivity index (χ1) is 6.20. The summed E-state index contributed by atoms with van der Waals surface area (Å²) in [5, 5.41) is 0.129. The van der Waals surface area contributed by atoms with E-state index in [1.54, 1.807) is 0 Å². The van der Waals surface area contributed by atoms with E-state index in [0.29, 0.717) is 0 Å². The Labute approximate surface area is 78.8 Å². The van der Waals surface area contributed by atoms with Crippen molar-refractivity contribution < 1.29 is 13.9 Å². The molecule has 0 atom stereocenters. The maximum Gasteiger partial charge on any atom is 0.240 e. The number of nitrogens with zero attached hydrogens (tertiary/aromatic N) is 1. The fraction of sp³-hybridized carbons (Fsp3) is 0.125. The van der Waals surface area contributed by atoms with Gasteiger partial charge in [-0.25, -0.2) is 9.18 Å². The number of halogens is 2. The van der Waals surface area contributed by atoms with E-state index in [-0.39, 0.29) is 16.5 Å². The molecule has 3 nitrogen and oxygen atoms in total. The molecule has 0 unspecified atom stereocenters. The standard InChI is InChI=1S/C8H5ClFNO2/c1-13-8-5(9)2-3-6(7(8)10)11-4-12/h2-3H,1H3. The summed E-state index contributed by atoms with van der Waals surface area (Å²) in [5.41, 5.74) is -0.142. The number of rotatable bonds is 2. The second-order valence-corrected chi connectivity index (χ2v) is 2.52. The van der Waals surface area contributed by atoms with E-state index >= 15 is 0 Å². The van der Waals surface area contributed by atoms with Gasteiger partial charge in [0, 0.05) is 0 Å². The van der Waals surface area contributed by atoms with Crippen molar-refractivity contribution in [2.45, 2.75) is 0 Å². The zero-order valence-corrected chi connectivity index (χ0v) is 7.43. The molecule has 0 saturated heterocycles. The number of aliphatic imine (C=N–C) groups is 1. The molecule has 13 heavy (non-hydrogen) atoms. The van der Waals surface area contributed by atoms with Crippen LogP contribution in [0, 0.1) is 5.82 Å². The minimum absolute atomic E-state index is 0.127. The van der Waals surface area contributed by atoms with E-state index in [9.17, 15) is 9.18 Å². The molecule has 1 aromatic rings. The van der Waals surface area contributed by atoms with Crippen LogP contribution in [0.15, 0.2) is 17.1 Å². The molecule has 0 N–H and O–H groups in total. The Bertz CT molecular complexity index is 375. The largest absolute Gasteiger partial charge is 0.492 e. The lowest BCUT2D eigenvalue weighted by Crippen LogP contribution is -1.89. The molecule has 0 spiro atoms. The van der Waals surface area contributed by atoms with E-state index in [2.05, 4.69) is 9.73 Å². The minimum atomic E-state index is -0.765. The highest BCUT2D eigenvalue weighted by Crippen LogP contribution is 2.33. The molecule has 0 aliphatic rings. The predicted octanol–water partition coefficient (Wildman–Crippen LogP) is 2.46. The first-order valence-electron chi connectivity index (χ1n) is 3.30. The van der Waals surface area contributed by atoms with Crippen LogP contribution in [-0.2, 0) is 4.79 Å². The maximum atomic E-state index is 13.2. The first-order valence-corrected chi connectivity index (χ1v) is 3.68. The Morgan fingerprint density at radius 1 is 1.62 bits per heavy atom. The molecule has 68 valence electrons. The predicted molar refractivity (Wildman–Crippen MR) is 45.7 cm³/mol. The number of benzene rings is 1. The highest BCUT2D eigenvalue weighted by molar-refractivity contribution is 6.32. The smallest absolute Gasteiger partial charge is 0.240 e. The normalized spacial score (nSPS) is 9.15. The van der Waals surface area contributed by atoms with Crippen molar-refractivity contribution in [3.63, 3.8) is 0 Å². The Hall–Kier alpha value is -1.38. The molecule has 1 rings (SSSR count). The van der Waals surface area contributed by atoms with Gasteiger partial charge >= 0.3 is 0 Å². The second-order valence-electron chi connectivity index (χ2n) is 2.12. The maximum absolute atomic E-state index is 13.2. The fourth-order valence-corrected chi connectivity index (χ4v) is 1.07. The van der Waals surface area contributed by atoms with Gasteiger partial charge in [-0.1, -0.05) is 11.6 Å². The molecule has 1 aromatic carbocycles. The molecule has 0 aliphatic carbocycles. The van der Waals surface area contributed by atoms with Gasteiger partial charge < -0.3 is 4.74 Å². The molecule has 0 fully saturated rings. The van der Waals surface area contributed by atoms with Gasteiger partial charge in [0.1, 0.15) is 5.69 Å². The minimum Gasteiger partial charge on any atom is -0.492 e. The van der Waals surface area contributed by atoms with Crippen LogP contribution in [-0.4, -0.2) is 13.2 Å². The van der Waals surface area contributed by atoms with Crippen LogP contribution in [0.1, 0.15) is 0 Å². The van der Waals surface area contributed by atoms with Crippen LogP contribution in [0.5, 0.6) is 5.75 Å². The van der Waals surface area contributed by atoms with Gasteiger partial charge in [0.15, 0.2) is 11.6 Å². The molecular weight excluding hydrogens is 197 g/mol. The van der Waals surface area contributed by atoms with Gasteiger partial charge in [-0.3, -0.25) is 0 Å². The van der Waals surface area contributed by atoms with Crippen LogP contribution < -0.4 is 4.74 Å². The molecule has 5 heteroatoms. The van der Waals surface area contributed by atoms with Gasteiger partial charge in [-0.15, -0.1) is 0 Å². The van der Waals surface area contributed by atoms with E-state index in [0.717, 1.165) is 0 Å². The topological polar surface area (TPSA) is 38.7 Å². The van der Waals surface area contributed by atoms with E-state index < -0.39 is 5.82 Å². The summed E-state index contributed by atoms with van der Waals surface area (Å²) < 4.78 is 17.9. The molecule has 0 aromatic heterocycles. The van der Waals surface area contributed by atoms with Crippen molar-refractivity contribution in [2.75, 3.05) is 7.11 Å². The molecular formula is C8H5ClFNO2. The van der Waals surface area contributed by atoms with Gasteiger partial charge in [0.05, 0.1) is 12.1 Å². The van der Waals surface area contributed by atoms with Crippen molar-refractivity contribution >= 4 is 23.4 Å². The summed E-state index contributed by atoms with van der Waals surface area (Å²) in [7, 11) is 1.28. The Morgan fingerprint density at radius 3 is 2.85 bits per heavy atom. The lowest BCUT2D eigenvalue weighted by atomic mass is 10.3. The second kappa shape index (κ2) is 4.03. The summed E-state index contributed by atoms with van der Waals surface area (Å²) in [6.07, 6.45) is 1.23. The van der Waals surface area contributed by atoms with Crippen LogP contribution >= 0.6 is 11.6 Å². The quantitative estimate of drug-likeness (QED) is 0.545. The monoisotopic (exact) mass is 201 g/mol. The fourth-order valence-electron chi connectivity index (χ4n) is 0.845. The highest BCUT2D eigenvalue weighted by Gasteiger charge is 2.11. The number of isocyanates is 1. The summed E-state index contributed by atoms with van der Waals surface area (Å²) in [4.78, 5) is 13.0. The summed E-state index contributed by atoms with van der Waals surface area (Å²) in [6.45, 7) is 0. The molecule has 0 radical (unpaired) electrons. The Balaban J connectivity index is 3.35. The molecule has 0 saturated carbocycles. The van der Waals surface area contributed by atoms with Crippen molar-refractivity contribution in [3.8, 4) is 5.75 Å². The number of hydrogen-bond donors (Lipinski definition) is 0. The average molecular weight is 202 g/mol. The third-order valence-corrected chi connectivity index (χ3v) is 1.70. The molecule has 0 bridgehead atoms. The average Bonchev–Trinajstić information content (AvgIpc) is 2.11. The SMILES string of the molecule is COc1c(Cl)ccc(N=C=O)c1F. The van der Waals surface area contributed by atoms with E-state index in [1.165, 1.54) is 25.3 Å². The van der Waals surface area contributed by atoms with Gasteiger partial charge in [0.2, 0.25) is 6.08 Å². The van der Waals surface area contributed by atoms with E-state index in [4.69, 9.17) is 11.6 Å². The van der Waals surface area contributed by atoms with Gasteiger partial charge in [-0.05, 0) is 12.1 Å². The van der Waals surface area contributed by atoms with Crippen LogP contribution in [0.25, 0.3) is 0 Å². The number of ether oxygens (including phenoxy) is 1. The first kappa shape index (κ1) is 9.71. The van der Waals surface area contributed by atoms with Crippen molar-refractivity contribution in [3.05, 3.63) is 23.0 Å².